The van der Waals surface area contributed by atoms with Gasteiger partial charge in [-0.1, -0.05) is 33.6 Å². The standard InChI is InChI=1S/C16H27N3O/c1-11(2)15-18-13(4)8-14(19-15)17-10-16(20)7-5-6-12(3)9-16/h8,11-12,20H,5-7,9-10H2,1-4H3,(H,17,18,19). The number of aryl methyl sites for hydroxylation is 1. The van der Waals surface area contributed by atoms with E-state index >= 15 is 0 Å². The van der Waals surface area contributed by atoms with Gasteiger partial charge in [-0.15, -0.1) is 0 Å². The van der Waals surface area contributed by atoms with Crippen molar-refractivity contribution in [2.75, 3.05) is 11.9 Å². The first-order valence-electron chi connectivity index (χ1n) is 7.70. The summed E-state index contributed by atoms with van der Waals surface area (Å²) >= 11 is 0. The molecule has 4 heteroatoms. The van der Waals surface area contributed by atoms with E-state index in [4.69, 9.17) is 0 Å². The van der Waals surface area contributed by atoms with Crippen molar-refractivity contribution in [3.8, 4) is 0 Å². The maximum Gasteiger partial charge on any atom is 0.133 e. The van der Waals surface area contributed by atoms with E-state index in [9.17, 15) is 5.11 Å². The predicted octanol–water partition coefficient (Wildman–Crippen LogP) is 3.26. The van der Waals surface area contributed by atoms with Gasteiger partial charge >= 0.3 is 0 Å². The van der Waals surface area contributed by atoms with Crippen molar-refractivity contribution in [2.45, 2.75) is 64.9 Å². The molecule has 0 bridgehead atoms. The van der Waals surface area contributed by atoms with E-state index in [2.05, 4.69) is 36.1 Å². The molecule has 20 heavy (non-hydrogen) atoms. The highest BCUT2D eigenvalue weighted by Gasteiger charge is 2.32. The van der Waals surface area contributed by atoms with Gasteiger partial charge in [-0.25, -0.2) is 9.97 Å². The second-order valence-corrected chi connectivity index (χ2v) is 6.69. The smallest absolute Gasteiger partial charge is 0.133 e. The van der Waals surface area contributed by atoms with Gasteiger partial charge in [-0.3, -0.25) is 0 Å². The highest BCUT2D eigenvalue weighted by Crippen LogP contribution is 2.32. The van der Waals surface area contributed by atoms with Gasteiger partial charge in [0.15, 0.2) is 0 Å². The largest absolute Gasteiger partial charge is 0.388 e. The highest BCUT2D eigenvalue weighted by molar-refractivity contribution is 5.36. The molecule has 112 valence electrons. The van der Waals surface area contributed by atoms with Gasteiger partial charge < -0.3 is 10.4 Å². The second kappa shape index (κ2) is 6.08. The molecule has 1 heterocycles. The fourth-order valence-electron chi connectivity index (χ4n) is 2.99. The van der Waals surface area contributed by atoms with Crippen LogP contribution in [0.5, 0.6) is 0 Å². The van der Waals surface area contributed by atoms with Gasteiger partial charge in [0.05, 0.1) is 5.60 Å². The maximum absolute atomic E-state index is 10.6. The molecule has 1 aromatic rings. The number of rotatable bonds is 4. The number of anilines is 1. The van der Waals surface area contributed by atoms with Crippen molar-refractivity contribution in [1.29, 1.82) is 0 Å². The molecule has 2 unspecified atom stereocenters. The third-order valence-electron chi connectivity index (χ3n) is 4.05. The SMILES string of the molecule is Cc1cc(NCC2(O)CCCC(C)C2)nc(C(C)C)n1. The summed E-state index contributed by atoms with van der Waals surface area (Å²) in [5.41, 5.74) is 0.379. The topological polar surface area (TPSA) is 58.0 Å². The average molecular weight is 277 g/mol. The van der Waals surface area contributed by atoms with Crippen LogP contribution >= 0.6 is 0 Å². The van der Waals surface area contributed by atoms with Crippen LogP contribution < -0.4 is 5.32 Å². The van der Waals surface area contributed by atoms with E-state index in [-0.39, 0.29) is 0 Å². The number of nitrogens with one attached hydrogen (secondary N) is 1. The fraction of sp³-hybridized carbons (Fsp3) is 0.750. The molecule has 0 spiro atoms. The van der Waals surface area contributed by atoms with Crippen molar-refractivity contribution in [3.05, 3.63) is 17.6 Å². The van der Waals surface area contributed by atoms with Crippen molar-refractivity contribution >= 4 is 5.82 Å². The van der Waals surface area contributed by atoms with Gasteiger partial charge in [0.25, 0.3) is 0 Å². The number of hydrogen-bond donors (Lipinski definition) is 2. The van der Waals surface area contributed by atoms with E-state index in [0.717, 1.165) is 36.6 Å². The fourth-order valence-corrected chi connectivity index (χ4v) is 2.99. The van der Waals surface area contributed by atoms with Crippen LogP contribution in [0.1, 0.15) is 63.9 Å². The maximum atomic E-state index is 10.6. The van der Waals surface area contributed by atoms with Crippen molar-refractivity contribution in [2.24, 2.45) is 5.92 Å². The minimum atomic E-state index is -0.589. The van der Waals surface area contributed by atoms with Crippen LogP contribution in [0.4, 0.5) is 5.82 Å². The van der Waals surface area contributed by atoms with Crippen LogP contribution in [0, 0.1) is 12.8 Å². The zero-order valence-corrected chi connectivity index (χ0v) is 13.1. The summed E-state index contributed by atoms with van der Waals surface area (Å²) in [6, 6.07) is 1.95. The quantitative estimate of drug-likeness (QED) is 0.887. The Morgan fingerprint density at radius 2 is 2.20 bits per heavy atom. The summed E-state index contributed by atoms with van der Waals surface area (Å²) in [5.74, 6) is 2.60. The molecule has 2 atom stereocenters. The predicted molar refractivity (Wildman–Crippen MR) is 81.9 cm³/mol. The molecule has 0 radical (unpaired) electrons. The Kier molecular flexibility index (Phi) is 4.63. The lowest BCUT2D eigenvalue weighted by molar-refractivity contribution is -0.000834. The lowest BCUT2D eigenvalue weighted by Gasteiger charge is -2.35. The minimum absolute atomic E-state index is 0.313. The lowest BCUT2D eigenvalue weighted by Crippen LogP contribution is -2.41. The summed E-state index contributed by atoms with van der Waals surface area (Å²) < 4.78 is 0. The zero-order valence-electron chi connectivity index (χ0n) is 13.1. The summed E-state index contributed by atoms with van der Waals surface area (Å²) in [6.45, 7) is 8.96. The Balaban J connectivity index is 2.03. The Bertz CT molecular complexity index is 461. The summed E-state index contributed by atoms with van der Waals surface area (Å²) in [6.07, 6.45) is 4.10. The Morgan fingerprint density at radius 1 is 1.45 bits per heavy atom. The van der Waals surface area contributed by atoms with E-state index in [1.165, 1.54) is 6.42 Å². The van der Waals surface area contributed by atoms with Crippen LogP contribution in [0.15, 0.2) is 6.07 Å². The molecular formula is C16H27N3O. The number of aromatic nitrogens is 2. The zero-order chi connectivity index (χ0) is 14.8. The molecule has 0 aliphatic heterocycles. The lowest BCUT2D eigenvalue weighted by atomic mass is 9.79. The molecule has 0 aromatic carbocycles. The normalized spacial score (nSPS) is 26.8. The highest BCUT2D eigenvalue weighted by atomic mass is 16.3. The van der Waals surface area contributed by atoms with Crippen molar-refractivity contribution < 1.29 is 5.11 Å². The molecule has 1 saturated carbocycles. The summed E-state index contributed by atoms with van der Waals surface area (Å²) in [4.78, 5) is 8.98. The molecule has 1 aliphatic rings. The third-order valence-corrected chi connectivity index (χ3v) is 4.05. The first kappa shape index (κ1) is 15.2. The molecule has 0 saturated heterocycles. The molecule has 1 aromatic heterocycles. The number of aliphatic hydroxyl groups is 1. The van der Waals surface area contributed by atoms with Crippen LogP contribution in [0.25, 0.3) is 0 Å². The third kappa shape index (κ3) is 3.92. The molecule has 0 amide bonds. The first-order valence-corrected chi connectivity index (χ1v) is 7.70. The first-order chi connectivity index (χ1) is 9.38. The summed E-state index contributed by atoms with van der Waals surface area (Å²) in [7, 11) is 0. The summed E-state index contributed by atoms with van der Waals surface area (Å²) in [5, 5.41) is 14.0. The van der Waals surface area contributed by atoms with E-state index < -0.39 is 5.60 Å². The van der Waals surface area contributed by atoms with Crippen LogP contribution in [0.3, 0.4) is 0 Å². The van der Waals surface area contributed by atoms with Gasteiger partial charge in [0.1, 0.15) is 11.6 Å². The monoisotopic (exact) mass is 277 g/mol. The van der Waals surface area contributed by atoms with Crippen LogP contribution in [0.2, 0.25) is 0 Å². The van der Waals surface area contributed by atoms with Crippen molar-refractivity contribution in [1.82, 2.24) is 9.97 Å². The minimum Gasteiger partial charge on any atom is -0.388 e. The van der Waals surface area contributed by atoms with E-state index in [1.807, 2.05) is 13.0 Å². The molecule has 2 N–H and O–H groups in total. The van der Waals surface area contributed by atoms with Gasteiger partial charge in [-0.05, 0) is 25.7 Å². The molecule has 1 aliphatic carbocycles. The molecule has 1 fully saturated rings. The molecule has 2 rings (SSSR count). The van der Waals surface area contributed by atoms with Gasteiger partial charge in [0.2, 0.25) is 0 Å². The Morgan fingerprint density at radius 3 is 2.85 bits per heavy atom. The van der Waals surface area contributed by atoms with E-state index in [1.54, 1.807) is 0 Å². The Labute approximate surface area is 122 Å². The molecule has 4 nitrogen and oxygen atoms in total. The molecular weight excluding hydrogens is 250 g/mol. The van der Waals surface area contributed by atoms with E-state index in [0.29, 0.717) is 18.4 Å². The van der Waals surface area contributed by atoms with Crippen LogP contribution in [-0.4, -0.2) is 27.2 Å². The second-order valence-electron chi connectivity index (χ2n) is 6.69. The van der Waals surface area contributed by atoms with Crippen LogP contribution in [-0.2, 0) is 0 Å². The van der Waals surface area contributed by atoms with Gasteiger partial charge in [-0.2, -0.15) is 0 Å². The average Bonchev–Trinajstić information content (AvgIpc) is 2.35. The number of hydrogen-bond acceptors (Lipinski definition) is 4. The van der Waals surface area contributed by atoms with Crippen molar-refractivity contribution in [3.63, 3.8) is 0 Å². The Hall–Kier alpha value is -1.16. The number of nitrogens with zero attached hydrogens (tertiary/aromatic N) is 2. The van der Waals surface area contributed by atoms with Gasteiger partial charge in [0, 0.05) is 24.2 Å².